The standard InChI is InChI=1S/C16H21BrN4/c1-13(6-9-21-12-18-11-20-21)19-10-16(7-8-16)14-4-2-3-5-15(14)17/h2-5,11-13,19H,6-10H2,1H3. The van der Waals surface area contributed by atoms with Crippen molar-refractivity contribution < 1.29 is 0 Å². The van der Waals surface area contributed by atoms with Crippen molar-refractivity contribution in [1.29, 1.82) is 0 Å². The molecular weight excluding hydrogens is 328 g/mol. The number of nitrogens with zero attached hydrogens (tertiary/aromatic N) is 3. The van der Waals surface area contributed by atoms with E-state index in [1.54, 1.807) is 12.7 Å². The minimum atomic E-state index is 0.335. The van der Waals surface area contributed by atoms with E-state index < -0.39 is 0 Å². The molecule has 3 rings (SSSR count). The summed E-state index contributed by atoms with van der Waals surface area (Å²) in [7, 11) is 0. The molecule has 1 atom stereocenters. The van der Waals surface area contributed by atoms with Gasteiger partial charge in [-0.2, -0.15) is 5.10 Å². The normalized spacial score (nSPS) is 17.6. The van der Waals surface area contributed by atoms with Crippen LogP contribution < -0.4 is 5.32 Å². The van der Waals surface area contributed by atoms with Crippen LogP contribution in [0.5, 0.6) is 0 Å². The number of rotatable bonds is 7. The van der Waals surface area contributed by atoms with Gasteiger partial charge in [-0.3, -0.25) is 4.68 Å². The van der Waals surface area contributed by atoms with Gasteiger partial charge >= 0.3 is 0 Å². The van der Waals surface area contributed by atoms with Crippen molar-refractivity contribution in [2.45, 2.75) is 44.2 Å². The lowest BCUT2D eigenvalue weighted by Crippen LogP contribution is -2.34. The monoisotopic (exact) mass is 348 g/mol. The van der Waals surface area contributed by atoms with E-state index >= 15 is 0 Å². The van der Waals surface area contributed by atoms with Crippen molar-refractivity contribution >= 4 is 15.9 Å². The number of hydrogen-bond acceptors (Lipinski definition) is 3. The fourth-order valence-electron chi connectivity index (χ4n) is 2.73. The van der Waals surface area contributed by atoms with Crippen LogP contribution in [-0.2, 0) is 12.0 Å². The van der Waals surface area contributed by atoms with Crippen molar-refractivity contribution in [2.24, 2.45) is 0 Å². The molecule has 21 heavy (non-hydrogen) atoms. The Labute approximate surface area is 134 Å². The minimum Gasteiger partial charge on any atom is -0.313 e. The topological polar surface area (TPSA) is 42.7 Å². The number of benzene rings is 1. The quantitative estimate of drug-likeness (QED) is 0.835. The Morgan fingerprint density at radius 2 is 2.19 bits per heavy atom. The molecule has 1 N–H and O–H groups in total. The third kappa shape index (κ3) is 3.52. The summed E-state index contributed by atoms with van der Waals surface area (Å²) in [5.41, 5.74) is 1.78. The Bertz CT molecular complexity index is 578. The molecule has 1 saturated carbocycles. The highest BCUT2D eigenvalue weighted by Crippen LogP contribution is 2.49. The van der Waals surface area contributed by atoms with Crippen LogP contribution in [0.25, 0.3) is 0 Å². The second-order valence-electron chi connectivity index (χ2n) is 5.99. The minimum absolute atomic E-state index is 0.335. The molecule has 5 heteroatoms. The number of nitrogens with one attached hydrogen (secondary N) is 1. The van der Waals surface area contributed by atoms with Crippen LogP contribution in [-0.4, -0.2) is 27.4 Å². The lowest BCUT2D eigenvalue weighted by atomic mass is 9.95. The molecule has 1 fully saturated rings. The summed E-state index contributed by atoms with van der Waals surface area (Å²) in [5.74, 6) is 0. The summed E-state index contributed by atoms with van der Waals surface area (Å²) in [6, 6.07) is 9.09. The maximum Gasteiger partial charge on any atom is 0.137 e. The molecule has 1 heterocycles. The van der Waals surface area contributed by atoms with Crippen molar-refractivity contribution in [3.8, 4) is 0 Å². The highest BCUT2D eigenvalue weighted by Gasteiger charge is 2.44. The summed E-state index contributed by atoms with van der Waals surface area (Å²) in [6.45, 7) is 4.21. The first-order chi connectivity index (χ1) is 10.2. The van der Waals surface area contributed by atoms with Gasteiger partial charge in [0.1, 0.15) is 12.7 Å². The average Bonchev–Trinajstić information content (AvgIpc) is 3.09. The summed E-state index contributed by atoms with van der Waals surface area (Å²) in [6.07, 6.45) is 6.98. The van der Waals surface area contributed by atoms with Gasteiger partial charge in [0.15, 0.2) is 0 Å². The Hall–Kier alpha value is -1.20. The van der Waals surface area contributed by atoms with E-state index in [1.165, 1.54) is 22.9 Å². The molecule has 1 aromatic heterocycles. The van der Waals surface area contributed by atoms with Gasteiger partial charge in [-0.25, -0.2) is 4.98 Å². The van der Waals surface area contributed by atoms with Gasteiger partial charge in [0.2, 0.25) is 0 Å². The molecule has 1 aromatic carbocycles. The van der Waals surface area contributed by atoms with Crippen molar-refractivity contribution in [2.75, 3.05) is 6.54 Å². The van der Waals surface area contributed by atoms with Gasteiger partial charge in [-0.05, 0) is 37.8 Å². The summed E-state index contributed by atoms with van der Waals surface area (Å²) in [4.78, 5) is 3.97. The largest absolute Gasteiger partial charge is 0.313 e. The van der Waals surface area contributed by atoms with E-state index in [2.05, 4.69) is 62.5 Å². The summed E-state index contributed by atoms with van der Waals surface area (Å²) in [5, 5.41) is 7.83. The van der Waals surface area contributed by atoms with Crippen molar-refractivity contribution in [3.63, 3.8) is 0 Å². The predicted molar refractivity (Wildman–Crippen MR) is 87.2 cm³/mol. The fraction of sp³-hybridized carbons (Fsp3) is 0.500. The predicted octanol–water partition coefficient (Wildman–Crippen LogP) is 3.14. The maximum absolute atomic E-state index is 4.14. The highest BCUT2D eigenvalue weighted by molar-refractivity contribution is 9.10. The van der Waals surface area contributed by atoms with E-state index in [0.717, 1.165) is 19.5 Å². The third-order valence-corrected chi connectivity index (χ3v) is 5.04. The van der Waals surface area contributed by atoms with Crippen LogP contribution in [0.1, 0.15) is 31.7 Å². The highest BCUT2D eigenvalue weighted by atomic mass is 79.9. The molecule has 0 aliphatic heterocycles. The Kier molecular flexibility index (Phi) is 4.40. The van der Waals surface area contributed by atoms with E-state index in [9.17, 15) is 0 Å². The number of halogens is 1. The molecule has 1 aliphatic carbocycles. The van der Waals surface area contributed by atoms with Crippen LogP contribution >= 0.6 is 15.9 Å². The summed E-state index contributed by atoms with van der Waals surface area (Å²) >= 11 is 3.69. The molecule has 2 aromatic rings. The van der Waals surface area contributed by atoms with Crippen LogP contribution in [0.15, 0.2) is 41.4 Å². The molecule has 112 valence electrons. The Morgan fingerprint density at radius 1 is 1.38 bits per heavy atom. The third-order valence-electron chi connectivity index (χ3n) is 4.35. The van der Waals surface area contributed by atoms with Gasteiger partial charge in [0.25, 0.3) is 0 Å². The summed E-state index contributed by atoms with van der Waals surface area (Å²) < 4.78 is 3.12. The molecule has 0 spiro atoms. The fourth-order valence-corrected chi connectivity index (χ4v) is 3.43. The van der Waals surface area contributed by atoms with Crippen molar-refractivity contribution in [1.82, 2.24) is 20.1 Å². The number of aryl methyl sites for hydroxylation is 1. The number of aromatic nitrogens is 3. The van der Waals surface area contributed by atoms with Gasteiger partial charge in [-0.1, -0.05) is 34.1 Å². The zero-order chi connectivity index (χ0) is 14.7. The lowest BCUT2D eigenvalue weighted by molar-refractivity contribution is 0.436. The first-order valence-corrected chi connectivity index (χ1v) is 8.30. The van der Waals surface area contributed by atoms with Gasteiger partial charge in [0, 0.05) is 29.0 Å². The van der Waals surface area contributed by atoms with E-state index in [4.69, 9.17) is 0 Å². The molecule has 0 saturated heterocycles. The molecule has 0 radical (unpaired) electrons. The van der Waals surface area contributed by atoms with Crippen LogP contribution in [0, 0.1) is 0 Å². The van der Waals surface area contributed by atoms with Gasteiger partial charge < -0.3 is 5.32 Å². The van der Waals surface area contributed by atoms with E-state index in [1.807, 2.05) is 4.68 Å². The van der Waals surface area contributed by atoms with Gasteiger partial charge in [-0.15, -0.1) is 0 Å². The zero-order valence-corrected chi connectivity index (χ0v) is 13.9. The van der Waals surface area contributed by atoms with E-state index in [-0.39, 0.29) is 0 Å². The molecule has 4 nitrogen and oxygen atoms in total. The van der Waals surface area contributed by atoms with Crippen molar-refractivity contribution in [3.05, 3.63) is 47.0 Å². The van der Waals surface area contributed by atoms with E-state index in [0.29, 0.717) is 11.5 Å². The second-order valence-corrected chi connectivity index (χ2v) is 6.84. The Balaban J connectivity index is 1.51. The van der Waals surface area contributed by atoms with Gasteiger partial charge in [0.05, 0.1) is 0 Å². The SMILES string of the molecule is CC(CCn1cncn1)NCC1(c2ccccc2Br)CC1. The first kappa shape index (κ1) is 14.7. The second kappa shape index (κ2) is 6.28. The molecule has 1 unspecified atom stereocenters. The zero-order valence-electron chi connectivity index (χ0n) is 12.3. The molecule has 1 aliphatic rings. The number of hydrogen-bond donors (Lipinski definition) is 1. The smallest absolute Gasteiger partial charge is 0.137 e. The maximum atomic E-state index is 4.14. The lowest BCUT2D eigenvalue weighted by Gasteiger charge is -2.21. The Morgan fingerprint density at radius 3 is 2.86 bits per heavy atom. The molecule has 0 amide bonds. The molecular formula is C16H21BrN4. The van der Waals surface area contributed by atoms with Crippen LogP contribution in [0.3, 0.4) is 0 Å². The average molecular weight is 349 g/mol. The molecule has 0 bridgehead atoms. The first-order valence-electron chi connectivity index (χ1n) is 7.50. The van der Waals surface area contributed by atoms with Crippen LogP contribution in [0.2, 0.25) is 0 Å². The van der Waals surface area contributed by atoms with Crippen LogP contribution in [0.4, 0.5) is 0 Å².